The monoisotopic (exact) mass is 613 g/mol. The van der Waals surface area contributed by atoms with Gasteiger partial charge in [-0.15, -0.1) is 0 Å². The summed E-state index contributed by atoms with van der Waals surface area (Å²) in [4.78, 5) is 2.32. The first-order chi connectivity index (χ1) is 23.7. The van der Waals surface area contributed by atoms with Crippen LogP contribution in [0.2, 0.25) is 0 Å². The van der Waals surface area contributed by atoms with E-state index in [0.717, 1.165) is 16.9 Å². The van der Waals surface area contributed by atoms with Crippen LogP contribution >= 0.6 is 0 Å². The van der Waals surface area contributed by atoms with Crippen molar-refractivity contribution in [2.75, 3.05) is 4.90 Å². The van der Waals surface area contributed by atoms with Crippen LogP contribution in [0, 0.1) is 0 Å². The lowest BCUT2D eigenvalue weighted by Gasteiger charge is -2.24. The summed E-state index contributed by atoms with van der Waals surface area (Å²) in [5.41, 5.74) is 7.01. The predicted molar refractivity (Wildman–Crippen MR) is 209 cm³/mol. The predicted octanol–water partition coefficient (Wildman–Crippen LogP) is 13.3. The Morgan fingerprint density at radius 3 is 1.79 bits per heavy atom. The third-order valence-corrected chi connectivity index (χ3v) is 9.17. The molecule has 1 nitrogen and oxygen atoms in total. The highest BCUT2D eigenvalue weighted by Crippen LogP contribution is 2.38. The van der Waals surface area contributed by atoms with Crippen molar-refractivity contribution in [3.63, 3.8) is 0 Å². The van der Waals surface area contributed by atoms with Crippen molar-refractivity contribution in [3.8, 4) is 11.1 Å². The number of hydrogen-bond acceptors (Lipinski definition) is 1. The zero-order valence-corrected chi connectivity index (χ0v) is 26.9. The van der Waals surface area contributed by atoms with E-state index in [-0.39, 0.29) is 0 Å². The van der Waals surface area contributed by atoms with Gasteiger partial charge in [0, 0.05) is 17.3 Å². The minimum atomic E-state index is 1.10. The first kappa shape index (κ1) is 29.2. The fraction of sp³-hybridized carbons (Fsp3) is 0.0213. The third kappa shape index (κ3) is 5.68. The lowest BCUT2D eigenvalue weighted by Crippen LogP contribution is -2.09. The number of nitrogens with zero attached hydrogens (tertiary/aromatic N) is 1. The highest BCUT2D eigenvalue weighted by atomic mass is 15.1. The van der Waals surface area contributed by atoms with Crippen molar-refractivity contribution in [1.82, 2.24) is 0 Å². The van der Waals surface area contributed by atoms with Crippen molar-refractivity contribution in [2.45, 2.75) is 6.92 Å². The van der Waals surface area contributed by atoms with Crippen molar-refractivity contribution in [1.29, 1.82) is 0 Å². The largest absolute Gasteiger partial charge is 0.317 e. The van der Waals surface area contributed by atoms with Gasteiger partial charge < -0.3 is 4.90 Å². The van der Waals surface area contributed by atoms with Gasteiger partial charge in [-0.3, -0.25) is 0 Å². The SMILES string of the molecule is C\C=C/C(=C\C=C\N(c1ccc(-c2ccc3ccccc3c2)cc1)c1cc2ccccc2c2ccccc12)c1ccc2ccccc2c1. The molecule has 228 valence electrons. The van der Waals surface area contributed by atoms with Crippen molar-refractivity contribution >= 4 is 60.0 Å². The van der Waals surface area contributed by atoms with E-state index < -0.39 is 0 Å². The molecule has 8 aromatic carbocycles. The van der Waals surface area contributed by atoms with Crippen LogP contribution in [0.4, 0.5) is 11.4 Å². The average Bonchev–Trinajstić information content (AvgIpc) is 3.15. The van der Waals surface area contributed by atoms with Gasteiger partial charge in [-0.2, -0.15) is 0 Å². The van der Waals surface area contributed by atoms with Crippen LogP contribution in [0.15, 0.2) is 194 Å². The van der Waals surface area contributed by atoms with E-state index in [1.807, 2.05) is 0 Å². The van der Waals surface area contributed by atoms with Crippen LogP contribution in [0.5, 0.6) is 0 Å². The topological polar surface area (TPSA) is 3.24 Å². The van der Waals surface area contributed by atoms with Crippen LogP contribution in [0.1, 0.15) is 12.5 Å². The van der Waals surface area contributed by atoms with Crippen molar-refractivity contribution < 1.29 is 0 Å². The summed E-state index contributed by atoms with van der Waals surface area (Å²) in [6.07, 6.45) is 10.9. The van der Waals surface area contributed by atoms with E-state index >= 15 is 0 Å². The zero-order valence-electron chi connectivity index (χ0n) is 26.9. The summed E-state index contributed by atoms with van der Waals surface area (Å²) in [5, 5.41) is 9.94. The highest BCUT2D eigenvalue weighted by Gasteiger charge is 2.14. The van der Waals surface area contributed by atoms with Crippen LogP contribution in [0.25, 0.3) is 59.8 Å². The zero-order chi connectivity index (χ0) is 32.3. The Balaban J connectivity index is 1.24. The molecule has 1 heteroatoms. The van der Waals surface area contributed by atoms with E-state index in [1.165, 1.54) is 59.8 Å². The Bertz CT molecular complexity index is 2510. The second kappa shape index (κ2) is 12.9. The van der Waals surface area contributed by atoms with Crippen LogP contribution in [-0.2, 0) is 0 Å². The summed E-state index contributed by atoms with van der Waals surface area (Å²) in [6, 6.07) is 59.1. The normalized spacial score (nSPS) is 12.2. The van der Waals surface area contributed by atoms with Crippen molar-refractivity contribution in [2.24, 2.45) is 0 Å². The van der Waals surface area contributed by atoms with E-state index in [1.54, 1.807) is 0 Å². The fourth-order valence-corrected chi connectivity index (χ4v) is 6.75. The van der Waals surface area contributed by atoms with Gasteiger partial charge >= 0.3 is 0 Å². The molecule has 0 saturated heterocycles. The van der Waals surface area contributed by atoms with E-state index in [4.69, 9.17) is 0 Å². The maximum absolute atomic E-state index is 2.32. The number of anilines is 2. The summed E-state index contributed by atoms with van der Waals surface area (Å²) in [6.45, 7) is 2.07. The molecule has 0 atom stereocenters. The average molecular weight is 614 g/mol. The molecule has 8 rings (SSSR count). The van der Waals surface area contributed by atoms with Gasteiger partial charge in [-0.05, 0) is 103 Å². The molecule has 0 bridgehead atoms. The van der Waals surface area contributed by atoms with E-state index in [9.17, 15) is 0 Å². The molecule has 0 saturated carbocycles. The van der Waals surface area contributed by atoms with Gasteiger partial charge in [0.05, 0.1) is 5.69 Å². The molecule has 8 aromatic rings. The Labute approximate surface area is 282 Å². The maximum Gasteiger partial charge on any atom is 0.0540 e. The highest BCUT2D eigenvalue weighted by molar-refractivity contribution is 6.14. The Morgan fingerprint density at radius 1 is 0.479 bits per heavy atom. The molecule has 48 heavy (non-hydrogen) atoms. The number of rotatable bonds is 7. The number of hydrogen-bond donors (Lipinski definition) is 0. The van der Waals surface area contributed by atoms with Gasteiger partial charge in [0.1, 0.15) is 0 Å². The molecule has 0 amide bonds. The second-order valence-corrected chi connectivity index (χ2v) is 12.2. The second-order valence-electron chi connectivity index (χ2n) is 12.2. The first-order valence-electron chi connectivity index (χ1n) is 16.5. The minimum absolute atomic E-state index is 1.10. The summed E-state index contributed by atoms with van der Waals surface area (Å²) in [7, 11) is 0. The lowest BCUT2D eigenvalue weighted by molar-refractivity contribution is 1.30. The summed E-state index contributed by atoms with van der Waals surface area (Å²) >= 11 is 0. The first-order valence-corrected chi connectivity index (χ1v) is 16.5. The van der Waals surface area contributed by atoms with Gasteiger partial charge in [-0.1, -0.05) is 152 Å². The molecule has 0 unspecified atom stereocenters. The van der Waals surface area contributed by atoms with Crippen molar-refractivity contribution in [3.05, 3.63) is 200 Å². The molecule has 0 aliphatic carbocycles. The molecular formula is C47H35N. The minimum Gasteiger partial charge on any atom is -0.317 e. The quantitative estimate of drug-likeness (QED) is 0.128. The number of allylic oxidation sites excluding steroid dienone is 5. The molecule has 0 radical (unpaired) electrons. The van der Waals surface area contributed by atoms with Gasteiger partial charge in [0.25, 0.3) is 0 Å². The standard InChI is InChI=1S/C47H35N/c1-2-12-34(40-24-22-35-13-3-5-15-38(35)31-40)18-11-30-48(47-33-42-17-7-8-19-44(42)45-20-9-10-21-46(45)47)43-28-26-37(27-29-43)41-25-23-36-14-4-6-16-39(36)32-41/h2-33H,1H3/b12-2-,30-11+,34-18+. The Morgan fingerprint density at radius 2 is 1.06 bits per heavy atom. The molecule has 0 aliphatic rings. The molecular weight excluding hydrogens is 579 g/mol. The number of benzene rings is 8. The maximum atomic E-state index is 2.32. The smallest absolute Gasteiger partial charge is 0.0540 e. The van der Waals surface area contributed by atoms with Gasteiger partial charge in [-0.25, -0.2) is 0 Å². The third-order valence-electron chi connectivity index (χ3n) is 9.17. The van der Waals surface area contributed by atoms with E-state index in [0.29, 0.717) is 0 Å². The fourth-order valence-electron chi connectivity index (χ4n) is 6.75. The Kier molecular flexibility index (Phi) is 7.86. The molecule has 0 N–H and O–H groups in total. The summed E-state index contributed by atoms with van der Waals surface area (Å²) in [5.74, 6) is 0. The van der Waals surface area contributed by atoms with Crippen LogP contribution in [0.3, 0.4) is 0 Å². The Hall–Kier alpha value is -6.18. The molecule has 0 fully saturated rings. The van der Waals surface area contributed by atoms with Crippen LogP contribution in [-0.4, -0.2) is 0 Å². The van der Waals surface area contributed by atoms with Crippen LogP contribution < -0.4 is 4.90 Å². The molecule has 0 spiro atoms. The van der Waals surface area contributed by atoms with Gasteiger partial charge in [0.2, 0.25) is 0 Å². The molecule has 0 aromatic heterocycles. The number of fused-ring (bicyclic) bond motifs is 5. The molecule has 0 aliphatic heterocycles. The van der Waals surface area contributed by atoms with Gasteiger partial charge in [0.15, 0.2) is 0 Å². The lowest BCUT2D eigenvalue weighted by atomic mass is 9.98. The molecule has 0 heterocycles. The van der Waals surface area contributed by atoms with E-state index in [2.05, 4.69) is 206 Å². The summed E-state index contributed by atoms with van der Waals surface area (Å²) < 4.78 is 0.